The molecule has 1 fully saturated rings. The molecule has 4 heteroatoms. The molecule has 1 aliphatic carbocycles. The average Bonchev–Trinajstić information content (AvgIpc) is 2.98. The Labute approximate surface area is 117 Å². The van der Waals surface area contributed by atoms with Gasteiger partial charge in [0.15, 0.2) is 5.17 Å². The van der Waals surface area contributed by atoms with E-state index in [0.29, 0.717) is 12.1 Å². The standard InChI is InChI=1S/C14H20N2S2/c1-10(8-12-5-3-7-17-12)15-14-16-13-6-2-4-11(13)9-18-14/h3,5,7,10-11,13H,2,4,6,8-9H2,1H3,(H,15,16). The number of nitrogens with one attached hydrogen (secondary N) is 1. The first-order valence-electron chi connectivity index (χ1n) is 6.81. The molecule has 0 aromatic carbocycles. The molecule has 2 aliphatic rings. The van der Waals surface area contributed by atoms with E-state index in [1.54, 1.807) is 0 Å². The molecule has 1 saturated carbocycles. The van der Waals surface area contributed by atoms with Crippen molar-refractivity contribution in [2.24, 2.45) is 10.9 Å². The molecule has 0 amide bonds. The Morgan fingerprint density at radius 1 is 1.50 bits per heavy atom. The fourth-order valence-corrected chi connectivity index (χ4v) is 4.92. The van der Waals surface area contributed by atoms with Crippen molar-refractivity contribution in [1.82, 2.24) is 5.32 Å². The van der Waals surface area contributed by atoms with Crippen molar-refractivity contribution in [2.45, 2.75) is 44.7 Å². The lowest BCUT2D eigenvalue weighted by Gasteiger charge is -2.25. The summed E-state index contributed by atoms with van der Waals surface area (Å²) in [6.45, 7) is 2.25. The summed E-state index contributed by atoms with van der Waals surface area (Å²) in [5.41, 5.74) is 0. The van der Waals surface area contributed by atoms with Crippen LogP contribution in [-0.4, -0.2) is 23.0 Å². The molecule has 0 spiro atoms. The maximum Gasteiger partial charge on any atom is 0.157 e. The van der Waals surface area contributed by atoms with Crippen LogP contribution in [0, 0.1) is 5.92 Å². The van der Waals surface area contributed by atoms with E-state index in [-0.39, 0.29) is 0 Å². The molecule has 3 rings (SSSR count). The van der Waals surface area contributed by atoms with Crippen molar-refractivity contribution >= 4 is 28.3 Å². The number of thiophene rings is 1. The molecule has 3 unspecified atom stereocenters. The van der Waals surface area contributed by atoms with Gasteiger partial charge in [0.25, 0.3) is 0 Å². The highest BCUT2D eigenvalue weighted by molar-refractivity contribution is 8.13. The molecule has 18 heavy (non-hydrogen) atoms. The quantitative estimate of drug-likeness (QED) is 0.916. The molecule has 1 N–H and O–H groups in total. The Bertz CT molecular complexity index is 413. The third-order valence-corrected chi connectivity index (χ3v) is 5.78. The first kappa shape index (κ1) is 12.5. The fraction of sp³-hybridized carbons (Fsp3) is 0.643. The Kier molecular flexibility index (Phi) is 3.94. The monoisotopic (exact) mass is 280 g/mol. The van der Waals surface area contributed by atoms with Crippen LogP contribution in [0.2, 0.25) is 0 Å². The summed E-state index contributed by atoms with van der Waals surface area (Å²) in [5.74, 6) is 2.12. The van der Waals surface area contributed by atoms with Crippen LogP contribution in [-0.2, 0) is 6.42 Å². The number of thioether (sulfide) groups is 1. The summed E-state index contributed by atoms with van der Waals surface area (Å²) in [6, 6.07) is 5.43. The van der Waals surface area contributed by atoms with E-state index in [1.807, 2.05) is 23.1 Å². The minimum Gasteiger partial charge on any atom is -0.362 e. The van der Waals surface area contributed by atoms with Gasteiger partial charge in [0.1, 0.15) is 0 Å². The lowest BCUT2D eigenvalue weighted by atomic mass is 10.1. The molecular weight excluding hydrogens is 260 g/mol. The molecule has 3 atom stereocenters. The largest absolute Gasteiger partial charge is 0.362 e. The van der Waals surface area contributed by atoms with E-state index < -0.39 is 0 Å². The van der Waals surface area contributed by atoms with Crippen molar-refractivity contribution in [3.63, 3.8) is 0 Å². The van der Waals surface area contributed by atoms with E-state index in [0.717, 1.165) is 12.3 Å². The minimum atomic E-state index is 0.479. The lowest BCUT2D eigenvalue weighted by molar-refractivity contribution is 0.530. The van der Waals surface area contributed by atoms with Crippen molar-refractivity contribution < 1.29 is 0 Å². The summed E-state index contributed by atoms with van der Waals surface area (Å²) in [4.78, 5) is 6.34. The van der Waals surface area contributed by atoms with Gasteiger partial charge in [0, 0.05) is 23.1 Å². The Balaban J connectivity index is 1.56. The van der Waals surface area contributed by atoms with Gasteiger partial charge < -0.3 is 5.32 Å². The van der Waals surface area contributed by atoms with Crippen LogP contribution in [0.5, 0.6) is 0 Å². The van der Waals surface area contributed by atoms with Crippen molar-refractivity contribution in [3.8, 4) is 0 Å². The second kappa shape index (κ2) is 5.66. The number of amidine groups is 1. The Morgan fingerprint density at radius 2 is 2.44 bits per heavy atom. The predicted octanol–water partition coefficient (Wildman–Crippen LogP) is 3.54. The second-order valence-electron chi connectivity index (χ2n) is 5.33. The lowest BCUT2D eigenvalue weighted by Crippen LogP contribution is -2.36. The summed E-state index contributed by atoms with van der Waals surface area (Å²) in [7, 11) is 0. The highest BCUT2D eigenvalue weighted by Gasteiger charge is 2.31. The van der Waals surface area contributed by atoms with E-state index in [4.69, 9.17) is 4.99 Å². The second-order valence-corrected chi connectivity index (χ2v) is 7.37. The zero-order chi connectivity index (χ0) is 12.4. The number of hydrogen-bond acceptors (Lipinski definition) is 4. The van der Waals surface area contributed by atoms with Gasteiger partial charge in [-0.05, 0) is 37.1 Å². The van der Waals surface area contributed by atoms with Gasteiger partial charge in [-0.3, -0.25) is 4.99 Å². The molecule has 2 heterocycles. The highest BCUT2D eigenvalue weighted by atomic mass is 32.2. The van der Waals surface area contributed by atoms with Gasteiger partial charge >= 0.3 is 0 Å². The molecule has 0 saturated heterocycles. The van der Waals surface area contributed by atoms with Crippen LogP contribution in [0.1, 0.15) is 31.1 Å². The summed E-state index contributed by atoms with van der Waals surface area (Å²) in [5, 5.41) is 6.92. The molecule has 1 aliphatic heterocycles. The topological polar surface area (TPSA) is 24.4 Å². The van der Waals surface area contributed by atoms with Crippen LogP contribution in [0.25, 0.3) is 0 Å². The molecule has 98 valence electrons. The normalized spacial score (nSPS) is 28.6. The summed E-state index contributed by atoms with van der Waals surface area (Å²) < 4.78 is 0. The smallest absolute Gasteiger partial charge is 0.157 e. The molecular formula is C14H20N2S2. The summed E-state index contributed by atoms with van der Waals surface area (Å²) >= 11 is 3.76. The number of hydrogen-bond donors (Lipinski definition) is 1. The zero-order valence-electron chi connectivity index (χ0n) is 10.8. The van der Waals surface area contributed by atoms with Gasteiger partial charge in [0.2, 0.25) is 0 Å². The van der Waals surface area contributed by atoms with Crippen LogP contribution >= 0.6 is 23.1 Å². The van der Waals surface area contributed by atoms with Crippen LogP contribution in [0.4, 0.5) is 0 Å². The molecule has 1 aromatic rings. The Hall–Kier alpha value is -0.480. The first-order valence-corrected chi connectivity index (χ1v) is 8.67. The van der Waals surface area contributed by atoms with Gasteiger partial charge in [-0.15, -0.1) is 11.3 Å². The van der Waals surface area contributed by atoms with Crippen molar-refractivity contribution in [3.05, 3.63) is 22.4 Å². The van der Waals surface area contributed by atoms with Crippen LogP contribution in [0.15, 0.2) is 22.5 Å². The van der Waals surface area contributed by atoms with E-state index >= 15 is 0 Å². The van der Waals surface area contributed by atoms with Gasteiger partial charge in [-0.1, -0.05) is 24.2 Å². The highest BCUT2D eigenvalue weighted by Crippen LogP contribution is 2.35. The molecule has 0 bridgehead atoms. The van der Waals surface area contributed by atoms with Crippen molar-refractivity contribution in [1.29, 1.82) is 0 Å². The van der Waals surface area contributed by atoms with E-state index in [9.17, 15) is 0 Å². The van der Waals surface area contributed by atoms with E-state index in [1.165, 1.54) is 35.1 Å². The fourth-order valence-electron chi connectivity index (χ4n) is 2.83. The van der Waals surface area contributed by atoms with Gasteiger partial charge in [-0.25, -0.2) is 0 Å². The maximum atomic E-state index is 4.88. The SMILES string of the molecule is CC(Cc1cccs1)NC1=NC2CCCC2CS1. The first-order chi connectivity index (χ1) is 8.81. The van der Waals surface area contributed by atoms with Gasteiger partial charge in [-0.2, -0.15) is 0 Å². The number of nitrogens with zero attached hydrogens (tertiary/aromatic N) is 1. The van der Waals surface area contributed by atoms with Crippen LogP contribution in [0.3, 0.4) is 0 Å². The molecule has 1 aromatic heterocycles. The predicted molar refractivity (Wildman–Crippen MR) is 81.6 cm³/mol. The van der Waals surface area contributed by atoms with Crippen molar-refractivity contribution in [2.75, 3.05) is 5.75 Å². The number of fused-ring (bicyclic) bond motifs is 1. The zero-order valence-corrected chi connectivity index (χ0v) is 12.4. The average molecular weight is 280 g/mol. The third kappa shape index (κ3) is 2.91. The van der Waals surface area contributed by atoms with Crippen LogP contribution < -0.4 is 5.32 Å². The molecule has 0 radical (unpaired) electrons. The third-order valence-electron chi connectivity index (χ3n) is 3.79. The maximum absolute atomic E-state index is 4.88. The van der Waals surface area contributed by atoms with E-state index in [2.05, 4.69) is 29.8 Å². The number of rotatable bonds is 3. The molecule has 2 nitrogen and oxygen atoms in total. The van der Waals surface area contributed by atoms with Gasteiger partial charge in [0.05, 0.1) is 6.04 Å². The minimum absolute atomic E-state index is 0.479. The number of aliphatic imine (C=N–C) groups is 1. The summed E-state index contributed by atoms with van der Waals surface area (Å²) in [6.07, 6.45) is 5.16. The Morgan fingerprint density at radius 3 is 3.28 bits per heavy atom.